The van der Waals surface area contributed by atoms with Crippen molar-refractivity contribution in [2.45, 2.75) is 39.5 Å². The van der Waals surface area contributed by atoms with Crippen molar-refractivity contribution >= 4 is 0 Å². The summed E-state index contributed by atoms with van der Waals surface area (Å²) >= 11 is 0. The molecule has 0 aromatic heterocycles. The molecule has 1 saturated heterocycles. The molecule has 1 saturated carbocycles. The summed E-state index contributed by atoms with van der Waals surface area (Å²) in [4.78, 5) is 2.53. The second kappa shape index (κ2) is 2.47. The van der Waals surface area contributed by atoms with Crippen LogP contribution in [0.2, 0.25) is 0 Å². The summed E-state index contributed by atoms with van der Waals surface area (Å²) in [5.74, 6) is 0. The largest absolute Gasteiger partial charge is 0.305 e. The molecule has 0 radical (unpaired) electrons. The monoisotopic (exact) mass is 167 g/mol. The van der Waals surface area contributed by atoms with E-state index in [4.69, 9.17) is 0 Å². The lowest BCUT2D eigenvalue weighted by Crippen LogP contribution is -2.51. The summed E-state index contributed by atoms with van der Waals surface area (Å²) in [7, 11) is 2.28. The molecule has 2 unspecified atom stereocenters. The first-order chi connectivity index (χ1) is 5.52. The highest BCUT2D eigenvalue weighted by Crippen LogP contribution is 2.49. The first-order valence-corrected chi connectivity index (χ1v) is 5.20. The van der Waals surface area contributed by atoms with E-state index in [9.17, 15) is 0 Å². The molecule has 1 aliphatic heterocycles. The number of piperidine rings is 1. The summed E-state index contributed by atoms with van der Waals surface area (Å²) in [6.07, 6.45) is 5.82. The molecule has 1 nitrogen and oxygen atoms in total. The van der Waals surface area contributed by atoms with E-state index in [1.54, 1.807) is 0 Å². The van der Waals surface area contributed by atoms with Crippen LogP contribution >= 0.6 is 0 Å². The zero-order chi connectivity index (χ0) is 8.82. The molecule has 70 valence electrons. The van der Waals surface area contributed by atoms with Crippen molar-refractivity contribution in [3.63, 3.8) is 0 Å². The second-order valence-corrected chi connectivity index (χ2v) is 5.82. The van der Waals surface area contributed by atoms with Crippen LogP contribution in [0.25, 0.3) is 0 Å². The molecule has 0 aromatic rings. The molecule has 0 N–H and O–H groups in total. The van der Waals surface area contributed by atoms with Gasteiger partial charge in [-0.3, -0.25) is 0 Å². The predicted molar refractivity (Wildman–Crippen MR) is 52.2 cm³/mol. The fraction of sp³-hybridized carbons (Fsp3) is 1.00. The maximum absolute atomic E-state index is 2.53. The van der Waals surface area contributed by atoms with Crippen LogP contribution in [-0.4, -0.2) is 25.0 Å². The molecule has 2 aliphatic rings. The zero-order valence-electron chi connectivity index (χ0n) is 8.69. The Labute approximate surface area is 76.1 Å². The summed E-state index contributed by atoms with van der Waals surface area (Å²) in [6.45, 7) is 7.59. The Balaban J connectivity index is 2.19. The summed E-state index contributed by atoms with van der Waals surface area (Å²) in [5.41, 5.74) is 1.28. The number of rotatable bonds is 0. The molecule has 2 bridgehead atoms. The Morgan fingerprint density at radius 1 is 1.00 bits per heavy atom. The van der Waals surface area contributed by atoms with Crippen molar-refractivity contribution in [3.8, 4) is 0 Å². The van der Waals surface area contributed by atoms with E-state index in [-0.39, 0.29) is 0 Å². The third kappa shape index (κ3) is 1.39. The van der Waals surface area contributed by atoms with Gasteiger partial charge in [0.15, 0.2) is 0 Å². The van der Waals surface area contributed by atoms with Gasteiger partial charge in [-0.05, 0) is 37.1 Å². The molecule has 1 heterocycles. The lowest BCUT2D eigenvalue weighted by molar-refractivity contribution is -0.0216. The maximum atomic E-state index is 2.53. The van der Waals surface area contributed by atoms with Crippen LogP contribution in [0.1, 0.15) is 39.5 Å². The Morgan fingerprint density at radius 3 is 2.00 bits per heavy atom. The Hall–Kier alpha value is -0.0400. The van der Waals surface area contributed by atoms with E-state index in [1.165, 1.54) is 38.8 Å². The highest BCUT2D eigenvalue weighted by atomic mass is 15.1. The SMILES string of the molecule is CN1CC2(C)CCCC(C)(C1)C2. The van der Waals surface area contributed by atoms with Gasteiger partial charge in [-0.15, -0.1) is 0 Å². The van der Waals surface area contributed by atoms with Crippen LogP contribution in [0.4, 0.5) is 0 Å². The highest BCUT2D eigenvalue weighted by molar-refractivity contribution is 4.96. The van der Waals surface area contributed by atoms with E-state index in [1.807, 2.05) is 0 Å². The number of hydrogen-bond acceptors (Lipinski definition) is 1. The fourth-order valence-corrected chi connectivity index (χ4v) is 3.78. The van der Waals surface area contributed by atoms with E-state index in [2.05, 4.69) is 25.8 Å². The molecule has 2 atom stereocenters. The van der Waals surface area contributed by atoms with Crippen molar-refractivity contribution < 1.29 is 0 Å². The molecule has 1 aliphatic carbocycles. The lowest BCUT2D eigenvalue weighted by atomic mass is 9.61. The number of fused-ring (bicyclic) bond motifs is 2. The molecule has 0 aromatic carbocycles. The van der Waals surface area contributed by atoms with E-state index in [0.717, 1.165) is 0 Å². The molecular formula is C11H21N. The highest BCUT2D eigenvalue weighted by Gasteiger charge is 2.44. The van der Waals surface area contributed by atoms with Gasteiger partial charge >= 0.3 is 0 Å². The van der Waals surface area contributed by atoms with Gasteiger partial charge in [0.05, 0.1) is 0 Å². The lowest BCUT2D eigenvalue weighted by Gasteiger charge is -2.52. The van der Waals surface area contributed by atoms with Gasteiger partial charge in [-0.1, -0.05) is 20.3 Å². The van der Waals surface area contributed by atoms with Gasteiger partial charge < -0.3 is 4.90 Å². The summed E-state index contributed by atoms with van der Waals surface area (Å²) in [5, 5.41) is 0. The van der Waals surface area contributed by atoms with E-state index in [0.29, 0.717) is 10.8 Å². The standard InChI is InChI=1S/C11H21N/c1-10-5-4-6-11(2,7-10)9-12(3)8-10/h4-9H2,1-3H3. The van der Waals surface area contributed by atoms with Crippen LogP contribution in [0, 0.1) is 10.8 Å². The quantitative estimate of drug-likeness (QED) is 0.536. The molecule has 1 heteroatoms. The number of likely N-dealkylation sites (tertiary alicyclic amines) is 1. The average molecular weight is 167 g/mol. The van der Waals surface area contributed by atoms with Crippen molar-refractivity contribution in [2.75, 3.05) is 20.1 Å². The van der Waals surface area contributed by atoms with Crippen LogP contribution < -0.4 is 0 Å². The minimum absolute atomic E-state index is 0.639. The molecule has 2 fully saturated rings. The number of hydrogen-bond donors (Lipinski definition) is 0. The smallest absolute Gasteiger partial charge is 0.00327 e. The van der Waals surface area contributed by atoms with Crippen molar-refractivity contribution in [1.82, 2.24) is 4.90 Å². The Bertz CT molecular complexity index is 171. The van der Waals surface area contributed by atoms with E-state index >= 15 is 0 Å². The summed E-state index contributed by atoms with van der Waals surface area (Å²) in [6, 6.07) is 0. The van der Waals surface area contributed by atoms with Gasteiger partial charge in [0.25, 0.3) is 0 Å². The maximum Gasteiger partial charge on any atom is 0.00327 e. The first-order valence-electron chi connectivity index (χ1n) is 5.20. The molecule has 0 amide bonds. The van der Waals surface area contributed by atoms with Crippen molar-refractivity contribution in [1.29, 1.82) is 0 Å². The fourth-order valence-electron chi connectivity index (χ4n) is 3.78. The minimum atomic E-state index is 0.639. The van der Waals surface area contributed by atoms with Gasteiger partial charge in [-0.2, -0.15) is 0 Å². The zero-order valence-corrected chi connectivity index (χ0v) is 8.69. The third-order valence-electron chi connectivity index (χ3n) is 3.72. The Morgan fingerprint density at radius 2 is 1.50 bits per heavy atom. The second-order valence-electron chi connectivity index (χ2n) is 5.82. The van der Waals surface area contributed by atoms with Gasteiger partial charge in [0.2, 0.25) is 0 Å². The van der Waals surface area contributed by atoms with E-state index < -0.39 is 0 Å². The van der Waals surface area contributed by atoms with Crippen LogP contribution in [0.15, 0.2) is 0 Å². The molecule has 0 spiro atoms. The van der Waals surface area contributed by atoms with Crippen LogP contribution in [-0.2, 0) is 0 Å². The van der Waals surface area contributed by atoms with Crippen molar-refractivity contribution in [2.24, 2.45) is 10.8 Å². The minimum Gasteiger partial charge on any atom is -0.305 e. The molecule has 12 heavy (non-hydrogen) atoms. The normalized spacial score (nSPS) is 49.2. The third-order valence-corrected chi connectivity index (χ3v) is 3.72. The molecule has 2 rings (SSSR count). The Kier molecular flexibility index (Phi) is 1.76. The molecular weight excluding hydrogens is 146 g/mol. The van der Waals surface area contributed by atoms with Gasteiger partial charge in [-0.25, -0.2) is 0 Å². The van der Waals surface area contributed by atoms with Crippen LogP contribution in [0.5, 0.6) is 0 Å². The number of nitrogens with zero attached hydrogens (tertiary/aromatic N) is 1. The average Bonchev–Trinajstić information content (AvgIpc) is 1.79. The topological polar surface area (TPSA) is 3.24 Å². The van der Waals surface area contributed by atoms with Crippen molar-refractivity contribution in [3.05, 3.63) is 0 Å². The van der Waals surface area contributed by atoms with Gasteiger partial charge in [0, 0.05) is 13.1 Å². The predicted octanol–water partition coefficient (Wildman–Crippen LogP) is 2.52. The summed E-state index contributed by atoms with van der Waals surface area (Å²) < 4.78 is 0. The van der Waals surface area contributed by atoms with Crippen LogP contribution in [0.3, 0.4) is 0 Å². The van der Waals surface area contributed by atoms with Gasteiger partial charge in [0.1, 0.15) is 0 Å². The first kappa shape index (κ1) is 8.55.